The summed E-state index contributed by atoms with van der Waals surface area (Å²) in [6, 6.07) is 6.27. The number of ether oxygens (including phenoxy) is 1. The molecule has 14 heteroatoms. The summed E-state index contributed by atoms with van der Waals surface area (Å²) in [7, 11) is 0. The first-order chi connectivity index (χ1) is 17.5. The molecule has 4 rings (SSSR count). The van der Waals surface area contributed by atoms with Crippen molar-refractivity contribution in [2.24, 2.45) is 0 Å². The van der Waals surface area contributed by atoms with Crippen molar-refractivity contribution in [3.63, 3.8) is 0 Å². The number of nitrogens with one attached hydrogen (secondary N) is 1. The summed E-state index contributed by atoms with van der Waals surface area (Å²) in [5.41, 5.74) is -0.420. The molecule has 0 radical (unpaired) electrons. The van der Waals surface area contributed by atoms with Crippen LogP contribution in [0.1, 0.15) is 27.4 Å². The highest BCUT2D eigenvalue weighted by molar-refractivity contribution is 6.37. The molecule has 2 heterocycles. The molecular weight excluding hydrogens is 544 g/mol. The van der Waals surface area contributed by atoms with E-state index < -0.39 is 47.1 Å². The Kier molecular flexibility index (Phi) is 7.42. The van der Waals surface area contributed by atoms with Gasteiger partial charge in [-0.05, 0) is 32.0 Å². The van der Waals surface area contributed by atoms with Gasteiger partial charge >= 0.3 is 0 Å². The number of para-hydroxylation sites is 1. The van der Waals surface area contributed by atoms with E-state index in [0.717, 1.165) is 4.68 Å². The average molecular weight is 560 g/mol. The highest BCUT2D eigenvalue weighted by Gasteiger charge is 2.27. The Morgan fingerprint density at radius 1 is 0.946 bits per heavy atom. The van der Waals surface area contributed by atoms with Crippen molar-refractivity contribution >= 4 is 34.8 Å². The summed E-state index contributed by atoms with van der Waals surface area (Å²) in [4.78, 5) is 12.7. The summed E-state index contributed by atoms with van der Waals surface area (Å²) >= 11 is 12.1. The van der Waals surface area contributed by atoms with E-state index in [-0.39, 0.29) is 35.2 Å². The van der Waals surface area contributed by atoms with Crippen LogP contribution in [0.2, 0.25) is 10.0 Å². The number of hydrogen-bond acceptors (Lipinski definition) is 4. The summed E-state index contributed by atoms with van der Waals surface area (Å²) in [5, 5.41) is 11.4. The number of carbonyl (C=O) groups is 1. The van der Waals surface area contributed by atoms with Gasteiger partial charge in [0.15, 0.2) is 41.4 Å². The molecule has 2 aromatic carbocycles. The zero-order chi connectivity index (χ0) is 27.0. The van der Waals surface area contributed by atoms with Crippen LogP contribution in [0.3, 0.4) is 0 Å². The molecule has 1 N–H and O–H groups in total. The van der Waals surface area contributed by atoms with Gasteiger partial charge in [-0.3, -0.25) is 9.48 Å². The van der Waals surface area contributed by atoms with Gasteiger partial charge in [0.2, 0.25) is 5.82 Å². The Bertz CT molecular complexity index is 1470. The number of halogens is 7. The van der Waals surface area contributed by atoms with Gasteiger partial charge in [0.1, 0.15) is 0 Å². The van der Waals surface area contributed by atoms with Crippen LogP contribution in [0.15, 0.2) is 30.5 Å². The van der Waals surface area contributed by atoms with Crippen LogP contribution in [0, 0.1) is 42.9 Å². The predicted octanol–water partition coefficient (Wildman–Crippen LogP) is 6.04. The normalized spacial score (nSPS) is 11.2. The molecule has 0 aliphatic heterocycles. The van der Waals surface area contributed by atoms with Gasteiger partial charge in [-0.15, -0.1) is 0 Å². The molecule has 1 amide bonds. The summed E-state index contributed by atoms with van der Waals surface area (Å²) in [5.74, 6) is -10.7. The second kappa shape index (κ2) is 10.4. The lowest BCUT2D eigenvalue weighted by Crippen LogP contribution is -2.16. The van der Waals surface area contributed by atoms with E-state index in [1.807, 2.05) is 0 Å². The monoisotopic (exact) mass is 559 g/mol. The lowest BCUT2D eigenvalue weighted by Gasteiger charge is -2.10. The second-order valence-electron chi connectivity index (χ2n) is 7.77. The lowest BCUT2D eigenvalue weighted by molar-refractivity contribution is 0.102. The fourth-order valence-corrected chi connectivity index (χ4v) is 3.96. The van der Waals surface area contributed by atoms with E-state index in [1.165, 1.54) is 30.8 Å². The smallest absolute Gasteiger partial charge is 0.276 e. The molecule has 37 heavy (non-hydrogen) atoms. The van der Waals surface area contributed by atoms with Gasteiger partial charge < -0.3 is 10.1 Å². The van der Waals surface area contributed by atoms with E-state index in [1.54, 1.807) is 18.2 Å². The summed E-state index contributed by atoms with van der Waals surface area (Å²) < 4.78 is 76.6. The number of rotatable bonds is 7. The van der Waals surface area contributed by atoms with Crippen LogP contribution < -0.4 is 10.1 Å². The van der Waals surface area contributed by atoms with Gasteiger partial charge in [0.25, 0.3) is 5.91 Å². The number of hydrogen-bond donors (Lipinski definition) is 1. The molecule has 0 spiro atoms. The molecule has 0 aliphatic rings. The average Bonchev–Trinajstić information content (AvgIpc) is 3.44. The standard InChI is InChI=1S/C23H16Cl2F5N5O2/c1-10-21(11(2)35(32-10)8-12-16(26)18(28)20(30)19(29)17(12)27)31-23(36)15-6-7-34(33-15)9-37-22-13(24)4-3-5-14(22)25/h3-7H,8-9H2,1-2H3,(H,31,36). The van der Waals surface area contributed by atoms with Crippen molar-refractivity contribution in [2.45, 2.75) is 27.1 Å². The minimum Gasteiger partial charge on any atom is -0.468 e. The molecule has 0 fully saturated rings. The van der Waals surface area contributed by atoms with Crippen LogP contribution in [0.4, 0.5) is 27.6 Å². The third-order valence-electron chi connectivity index (χ3n) is 5.36. The van der Waals surface area contributed by atoms with Crippen LogP contribution in [0.25, 0.3) is 0 Å². The van der Waals surface area contributed by atoms with E-state index in [9.17, 15) is 26.7 Å². The number of carbonyl (C=O) groups excluding carboxylic acids is 1. The van der Waals surface area contributed by atoms with Gasteiger partial charge in [-0.1, -0.05) is 29.3 Å². The number of benzene rings is 2. The maximum atomic E-state index is 14.1. The molecular formula is C23H16Cl2F5N5O2. The third kappa shape index (κ3) is 5.12. The molecule has 194 valence electrons. The van der Waals surface area contributed by atoms with Crippen LogP contribution in [0.5, 0.6) is 5.75 Å². The van der Waals surface area contributed by atoms with Crippen LogP contribution in [-0.4, -0.2) is 25.5 Å². The topological polar surface area (TPSA) is 74.0 Å². The fraction of sp³-hybridized carbons (Fsp3) is 0.174. The Hall–Kier alpha value is -3.64. The molecule has 2 aromatic heterocycles. The predicted molar refractivity (Wildman–Crippen MR) is 124 cm³/mol. The first-order valence-corrected chi connectivity index (χ1v) is 11.2. The Morgan fingerprint density at radius 2 is 1.54 bits per heavy atom. The van der Waals surface area contributed by atoms with E-state index in [2.05, 4.69) is 15.5 Å². The van der Waals surface area contributed by atoms with Gasteiger partial charge in [-0.2, -0.15) is 10.2 Å². The number of aromatic nitrogens is 4. The van der Waals surface area contributed by atoms with E-state index in [4.69, 9.17) is 27.9 Å². The largest absolute Gasteiger partial charge is 0.468 e. The minimum atomic E-state index is -2.25. The van der Waals surface area contributed by atoms with E-state index >= 15 is 0 Å². The molecule has 0 unspecified atom stereocenters. The quantitative estimate of drug-likeness (QED) is 0.170. The highest BCUT2D eigenvalue weighted by Crippen LogP contribution is 2.32. The van der Waals surface area contributed by atoms with Crippen molar-refractivity contribution in [1.82, 2.24) is 19.6 Å². The summed E-state index contributed by atoms with van der Waals surface area (Å²) in [6.07, 6.45) is 1.48. The zero-order valence-corrected chi connectivity index (χ0v) is 20.6. The molecule has 0 bridgehead atoms. The van der Waals surface area contributed by atoms with Crippen molar-refractivity contribution in [1.29, 1.82) is 0 Å². The molecule has 7 nitrogen and oxygen atoms in total. The highest BCUT2D eigenvalue weighted by atomic mass is 35.5. The van der Waals surface area contributed by atoms with Crippen molar-refractivity contribution in [3.8, 4) is 5.75 Å². The lowest BCUT2D eigenvalue weighted by atomic mass is 10.1. The Balaban J connectivity index is 1.50. The van der Waals surface area contributed by atoms with Crippen LogP contribution in [-0.2, 0) is 13.3 Å². The zero-order valence-electron chi connectivity index (χ0n) is 19.1. The maximum Gasteiger partial charge on any atom is 0.276 e. The van der Waals surface area contributed by atoms with Crippen molar-refractivity contribution in [3.05, 3.63) is 92.2 Å². The number of amides is 1. The number of nitrogens with zero attached hydrogens (tertiary/aromatic N) is 4. The molecule has 0 saturated carbocycles. The van der Waals surface area contributed by atoms with Gasteiger partial charge in [0.05, 0.1) is 39.2 Å². The number of aryl methyl sites for hydroxylation is 1. The summed E-state index contributed by atoms with van der Waals surface area (Å²) in [6.45, 7) is 2.10. The van der Waals surface area contributed by atoms with Gasteiger partial charge in [0, 0.05) is 6.20 Å². The SMILES string of the molecule is Cc1nn(Cc2c(F)c(F)c(F)c(F)c2F)c(C)c1NC(=O)c1ccn(COc2c(Cl)cccc2Cl)n1. The van der Waals surface area contributed by atoms with Crippen molar-refractivity contribution in [2.75, 3.05) is 5.32 Å². The second-order valence-corrected chi connectivity index (χ2v) is 8.59. The molecule has 0 saturated heterocycles. The first-order valence-electron chi connectivity index (χ1n) is 10.5. The Labute approximate surface area is 216 Å². The molecule has 4 aromatic rings. The Morgan fingerprint density at radius 3 is 2.16 bits per heavy atom. The maximum absolute atomic E-state index is 14.1. The minimum absolute atomic E-state index is 0.000158. The fourth-order valence-electron chi connectivity index (χ4n) is 3.45. The first kappa shape index (κ1) is 26.4. The molecule has 0 atom stereocenters. The van der Waals surface area contributed by atoms with Crippen LogP contribution >= 0.6 is 23.2 Å². The van der Waals surface area contributed by atoms with Crippen molar-refractivity contribution < 1.29 is 31.5 Å². The van der Waals surface area contributed by atoms with E-state index in [0.29, 0.717) is 10.0 Å². The third-order valence-corrected chi connectivity index (χ3v) is 5.96. The molecule has 0 aliphatic carbocycles. The van der Waals surface area contributed by atoms with Gasteiger partial charge in [-0.25, -0.2) is 26.6 Å². The number of anilines is 1.